The monoisotopic (exact) mass is 321 g/mol. The van der Waals surface area contributed by atoms with E-state index in [9.17, 15) is 24.5 Å². The molecule has 0 unspecified atom stereocenters. The second kappa shape index (κ2) is 8.27. The van der Waals surface area contributed by atoms with Gasteiger partial charge in [0.05, 0.1) is 4.92 Å². The van der Waals surface area contributed by atoms with E-state index in [1.165, 1.54) is 24.3 Å². The normalized spacial score (nSPS) is 9.48. The summed E-state index contributed by atoms with van der Waals surface area (Å²) in [6.07, 6.45) is 1.22. The lowest BCUT2D eigenvalue weighted by Gasteiger charge is -2.07. The van der Waals surface area contributed by atoms with E-state index in [2.05, 4.69) is 10.2 Å². The third kappa shape index (κ3) is 6.38. The second-order valence-corrected chi connectivity index (χ2v) is 4.64. The molecular formula is C14H15N3O6. The summed E-state index contributed by atoms with van der Waals surface area (Å²) in [7, 11) is 0. The molecule has 0 saturated carbocycles. The van der Waals surface area contributed by atoms with Gasteiger partial charge in [0.25, 0.3) is 17.5 Å². The number of hydrazine groups is 1. The number of carbonyl (C=O) groups excluding carboxylic acids is 3. The largest absolute Gasteiger partial charge is 0.452 e. The smallest absolute Gasteiger partial charge is 0.331 e. The average Bonchev–Trinajstić information content (AvgIpc) is 2.50. The number of hydrogen-bond acceptors (Lipinski definition) is 6. The summed E-state index contributed by atoms with van der Waals surface area (Å²) < 4.78 is 4.64. The van der Waals surface area contributed by atoms with Crippen molar-refractivity contribution in [2.45, 2.75) is 13.8 Å². The number of nitrogens with zero attached hydrogens (tertiary/aromatic N) is 1. The van der Waals surface area contributed by atoms with E-state index in [1.54, 1.807) is 13.8 Å². The van der Waals surface area contributed by atoms with Gasteiger partial charge < -0.3 is 4.74 Å². The first-order chi connectivity index (χ1) is 10.8. The van der Waals surface area contributed by atoms with Gasteiger partial charge in [-0.05, 0) is 19.9 Å². The van der Waals surface area contributed by atoms with Gasteiger partial charge in [-0.15, -0.1) is 0 Å². The SMILES string of the molecule is CC(C)=CC(=O)OCC(=O)NNC(=O)c1cccc([N+](=O)[O-])c1. The molecule has 0 aliphatic rings. The van der Waals surface area contributed by atoms with Crippen LogP contribution in [0.1, 0.15) is 24.2 Å². The molecule has 9 nitrogen and oxygen atoms in total. The van der Waals surface area contributed by atoms with Crippen molar-refractivity contribution in [1.82, 2.24) is 10.9 Å². The molecule has 0 aliphatic carbocycles. The highest BCUT2D eigenvalue weighted by Crippen LogP contribution is 2.12. The summed E-state index contributed by atoms with van der Waals surface area (Å²) in [5, 5.41) is 10.6. The van der Waals surface area contributed by atoms with Crippen molar-refractivity contribution in [2.24, 2.45) is 0 Å². The quantitative estimate of drug-likeness (QED) is 0.358. The van der Waals surface area contributed by atoms with Crippen LogP contribution < -0.4 is 10.9 Å². The van der Waals surface area contributed by atoms with Crippen LogP contribution in [0.2, 0.25) is 0 Å². The van der Waals surface area contributed by atoms with Crippen LogP contribution in [0.5, 0.6) is 0 Å². The summed E-state index contributed by atoms with van der Waals surface area (Å²) in [6, 6.07) is 4.99. The van der Waals surface area contributed by atoms with Crippen molar-refractivity contribution >= 4 is 23.5 Å². The molecule has 122 valence electrons. The summed E-state index contributed by atoms with van der Waals surface area (Å²) in [5.74, 6) is -2.16. The number of rotatable bonds is 5. The Morgan fingerprint density at radius 1 is 1.26 bits per heavy atom. The predicted molar refractivity (Wildman–Crippen MR) is 79.1 cm³/mol. The molecule has 0 heterocycles. The van der Waals surface area contributed by atoms with Gasteiger partial charge in [-0.3, -0.25) is 30.6 Å². The van der Waals surface area contributed by atoms with Gasteiger partial charge in [-0.25, -0.2) is 4.79 Å². The minimum atomic E-state index is -0.751. The maximum absolute atomic E-state index is 11.7. The van der Waals surface area contributed by atoms with Crippen molar-refractivity contribution < 1.29 is 24.0 Å². The number of nitro groups is 1. The molecule has 0 atom stereocenters. The molecule has 0 saturated heterocycles. The molecule has 1 aromatic rings. The second-order valence-electron chi connectivity index (χ2n) is 4.64. The molecule has 23 heavy (non-hydrogen) atoms. The van der Waals surface area contributed by atoms with E-state index in [0.717, 1.165) is 11.6 Å². The molecule has 0 bridgehead atoms. The maximum Gasteiger partial charge on any atom is 0.331 e. The molecule has 1 rings (SSSR count). The molecule has 9 heteroatoms. The van der Waals surface area contributed by atoms with E-state index >= 15 is 0 Å². The first-order valence-corrected chi connectivity index (χ1v) is 6.45. The number of carbonyl (C=O) groups is 3. The molecular weight excluding hydrogens is 306 g/mol. The van der Waals surface area contributed by atoms with Crippen molar-refractivity contribution in [3.8, 4) is 0 Å². The number of allylic oxidation sites excluding steroid dienone is 1. The summed E-state index contributed by atoms with van der Waals surface area (Å²) in [6.45, 7) is 2.82. The summed E-state index contributed by atoms with van der Waals surface area (Å²) >= 11 is 0. The molecule has 2 N–H and O–H groups in total. The van der Waals surface area contributed by atoms with Crippen LogP contribution >= 0.6 is 0 Å². The van der Waals surface area contributed by atoms with E-state index < -0.39 is 29.3 Å². The lowest BCUT2D eigenvalue weighted by molar-refractivity contribution is -0.384. The average molecular weight is 321 g/mol. The fraction of sp³-hybridized carbons (Fsp3) is 0.214. The van der Waals surface area contributed by atoms with Gasteiger partial charge in [0, 0.05) is 23.8 Å². The standard InChI is InChI=1S/C14H15N3O6/c1-9(2)6-13(19)23-8-12(18)15-16-14(20)10-4-3-5-11(7-10)17(21)22/h3-7H,8H2,1-2H3,(H,15,18)(H,16,20). The number of hydrogen-bond donors (Lipinski definition) is 2. The Morgan fingerprint density at radius 3 is 2.57 bits per heavy atom. The lowest BCUT2D eigenvalue weighted by Crippen LogP contribution is -2.43. The van der Waals surface area contributed by atoms with Gasteiger partial charge in [0.2, 0.25) is 0 Å². The molecule has 1 aromatic carbocycles. The number of ether oxygens (including phenoxy) is 1. The van der Waals surface area contributed by atoms with Gasteiger partial charge >= 0.3 is 5.97 Å². The molecule has 0 aromatic heterocycles. The Hall–Kier alpha value is -3.23. The third-order valence-corrected chi connectivity index (χ3v) is 2.39. The fourth-order valence-corrected chi connectivity index (χ4v) is 1.41. The molecule has 2 amide bonds. The van der Waals surface area contributed by atoms with Crippen LogP contribution in [-0.2, 0) is 14.3 Å². The molecule has 0 fully saturated rings. The summed E-state index contributed by atoms with van der Waals surface area (Å²) in [5.41, 5.74) is 4.56. The zero-order valence-corrected chi connectivity index (χ0v) is 12.5. The minimum absolute atomic E-state index is 0.000959. The molecule has 0 aliphatic heterocycles. The van der Waals surface area contributed by atoms with Gasteiger partial charge in [0.1, 0.15) is 0 Å². The van der Waals surface area contributed by atoms with E-state index in [1.807, 2.05) is 5.43 Å². The van der Waals surface area contributed by atoms with Crippen LogP contribution in [0.4, 0.5) is 5.69 Å². The lowest BCUT2D eigenvalue weighted by atomic mass is 10.2. The minimum Gasteiger partial charge on any atom is -0.452 e. The Kier molecular flexibility index (Phi) is 6.41. The number of amides is 2. The highest BCUT2D eigenvalue weighted by molar-refractivity contribution is 5.96. The van der Waals surface area contributed by atoms with Crippen molar-refractivity contribution in [3.05, 3.63) is 51.6 Å². The number of nitro benzene ring substituents is 1. The van der Waals surface area contributed by atoms with E-state index in [-0.39, 0.29) is 11.3 Å². The molecule has 0 spiro atoms. The first kappa shape index (κ1) is 17.8. The van der Waals surface area contributed by atoms with Crippen molar-refractivity contribution in [2.75, 3.05) is 6.61 Å². The zero-order chi connectivity index (χ0) is 17.4. The van der Waals surface area contributed by atoms with Crippen LogP contribution in [0.15, 0.2) is 35.9 Å². The first-order valence-electron chi connectivity index (χ1n) is 6.45. The highest BCUT2D eigenvalue weighted by Gasteiger charge is 2.12. The predicted octanol–water partition coefficient (Wildman–Crippen LogP) is 0.865. The fourth-order valence-electron chi connectivity index (χ4n) is 1.41. The van der Waals surface area contributed by atoms with Crippen molar-refractivity contribution in [1.29, 1.82) is 0 Å². The van der Waals surface area contributed by atoms with Gasteiger partial charge in [-0.2, -0.15) is 0 Å². The Labute approximate surface area is 131 Å². The Balaban J connectivity index is 2.48. The Bertz CT molecular complexity index is 664. The Morgan fingerprint density at radius 2 is 1.96 bits per heavy atom. The van der Waals surface area contributed by atoms with Gasteiger partial charge in [-0.1, -0.05) is 11.6 Å². The maximum atomic E-state index is 11.7. The van der Waals surface area contributed by atoms with Crippen LogP contribution in [0, 0.1) is 10.1 Å². The van der Waals surface area contributed by atoms with Crippen molar-refractivity contribution in [3.63, 3.8) is 0 Å². The third-order valence-electron chi connectivity index (χ3n) is 2.39. The number of nitrogens with one attached hydrogen (secondary N) is 2. The highest BCUT2D eigenvalue weighted by atomic mass is 16.6. The number of benzene rings is 1. The van der Waals surface area contributed by atoms with Crippen LogP contribution in [0.25, 0.3) is 0 Å². The number of non-ortho nitro benzene ring substituents is 1. The summed E-state index contributed by atoms with van der Waals surface area (Å²) in [4.78, 5) is 44.3. The molecule has 0 radical (unpaired) electrons. The number of esters is 1. The van der Waals surface area contributed by atoms with Gasteiger partial charge in [0.15, 0.2) is 6.61 Å². The van der Waals surface area contributed by atoms with Crippen LogP contribution in [-0.4, -0.2) is 29.3 Å². The zero-order valence-electron chi connectivity index (χ0n) is 12.5. The van der Waals surface area contributed by atoms with Crippen LogP contribution in [0.3, 0.4) is 0 Å². The van der Waals surface area contributed by atoms with E-state index in [0.29, 0.717) is 0 Å². The van der Waals surface area contributed by atoms with E-state index in [4.69, 9.17) is 0 Å². The topological polar surface area (TPSA) is 128 Å².